The second-order valence-electron chi connectivity index (χ2n) is 5.62. The van der Waals surface area contributed by atoms with Gasteiger partial charge in [-0.15, -0.1) is 0 Å². The van der Waals surface area contributed by atoms with E-state index in [4.69, 9.17) is 9.76 Å². The van der Waals surface area contributed by atoms with Gasteiger partial charge in [-0.2, -0.15) is 0 Å². The molecular formula is C13H18BFO5. The highest BCUT2D eigenvalue weighted by Crippen LogP contribution is 2.25. The molecule has 20 heavy (non-hydrogen) atoms. The predicted molar refractivity (Wildman–Crippen MR) is 72.4 cm³/mol. The molecule has 0 aliphatic heterocycles. The summed E-state index contributed by atoms with van der Waals surface area (Å²) in [4.78, 5) is 10.8. The molecule has 0 spiro atoms. The zero-order chi connectivity index (χ0) is 15.7. The number of aliphatic hydroxyl groups is 1. The van der Waals surface area contributed by atoms with E-state index in [2.05, 4.69) is 0 Å². The lowest BCUT2D eigenvalue weighted by molar-refractivity contribution is -0.0982. The summed E-state index contributed by atoms with van der Waals surface area (Å²) in [5, 5.41) is 28.7. The molecule has 5 nitrogen and oxygen atoms in total. The summed E-state index contributed by atoms with van der Waals surface area (Å²) in [5.41, 5.74) is -2.69. The van der Waals surface area contributed by atoms with Crippen LogP contribution in [-0.2, 0) is 4.65 Å². The Labute approximate surface area is 117 Å². The number of hydrogen-bond acceptors (Lipinski definition) is 4. The molecule has 7 heteroatoms. The highest BCUT2D eigenvalue weighted by molar-refractivity contribution is 6.60. The number of rotatable bonds is 5. The van der Waals surface area contributed by atoms with Crippen LogP contribution in [0.1, 0.15) is 38.1 Å². The van der Waals surface area contributed by atoms with E-state index in [9.17, 15) is 19.3 Å². The molecule has 1 rings (SSSR count). The van der Waals surface area contributed by atoms with Crippen molar-refractivity contribution in [3.05, 3.63) is 29.6 Å². The van der Waals surface area contributed by atoms with Gasteiger partial charge in [-0.25, -0.2) is 9.18 Å². The molecule has 0 fully saturated rings. The van der Waals surface area contributed by atoms with Crippen LogP contribution in [-0.4, -0.2) is 39.5 Å². The maximum absolute atomic E-state index is 13.3. The topological polar surface area (TPSA) is 87.0 Å². The summed E-state index contributed by atoms with van der Waals surface area (Å²) in [6, 6.07) is 2.95. The first-order valence-electron chi connectivity index (χ1n) is 6.06. The quantitative estimate of drug-likeness (QED) is 0.695. The van der Waals surface area contributed by atoms with E-state index in [1.54, 1.807) is 13.8 Å². The predicted octanol–water partition coefficient (Wildman–Crippen LogP) is 0.778. The van der Waals surface area contributed by atoms with Gasteiger partial charge in [-0.05, 0) is 51.4 Å². The molecule has 1 aromatic rings. The fraction of sp³-hybridized carbons (Fsp3) is 0.462. The molecule has 0 aliphatic carbocycles. The van der Waals surface area contributed by atoms with Crippen LogP contribution < -0.4 is 5.46 Å². The van der Waals surface area contributed by atoms with Crippen molar-refractivity contribution in [3.63, 3.8) is 0 Å². The molecule has 0 aromatic heterocycles. The molecule has 0 saturated carbocycles. The molecule has 0 atom stereocenters. The van der Waals surface area contributed by atoms with E-state index in [0.717, 1.165) is 18.2 Å². The van der Waals surface area contributed by atoms with Crippen LogP contribution in [0.25, 0.3) is 0 Å². The molecule has 0 amide bonds. The highest BCUT2D eigenvalue weighted by Gasteiger charge is 2.39. The Hall–Kier alpha value is -1.44. The SMILES string of the molecule is CC(C)(O)C(C)(C)OB(O)c1cc(F)cc(C(=O)O)c1. The van der Waals surface area contributed by atoms with E-state index >= 15 is 0 Å². The van der Waals surface area contributed by atoms with E-state index in [1.807, 2.05) is 0 Å². The van der Waals surface area contributed by atoms with Crippen molar-refractivity contribution >= 4 is 18.6 Å². The van der Waals surface area contributed by atoms with E-state index < -0.39 is 30.1 Å². The summed E-state index contributed by atoms with van der Waals surface area (Å²) in [6.07, 6.45) is 0. The van der Waals surface area contributed by atoms with E-state index in [-0.39, 0.29) is 11.0 Å². The Kier molecular flexibility index (Phi) is 4.58. The fourth-order valence-corrected chi connectivity index (χ4v) is 1.37. The van der Waals surface area contributed by atoms with E-state index in [1.165, 1.54) is 13.8 Å². The third kappa shape index (κ3) is 3.78. The van der Waals surface area contributed by atoms with Crippen molar-refractivity contribution in [1.82, 2.24) is 0 Å². The number of hydrogen-bond donors (Lipinski definition) is 3. The van der Waals surface area contributed by atoms with Gasteiger partial charge < -0.3 is 19.9 Å². The monoisotopic (exact) mass is 284 g/mol. The van der Waals surface area contributed by atoms with Gasteiger partial charge in [0.1, 0.15) is 5.82 Å². The van der Waals surface area contributed by atoms with Crippen LogP contribution in [0.4, 0.5) is 4.39 Å². The summed E-state index contributed by atoms with van der Waals surface area (Å²) in [6.45, 7) is 6.14. The third-order valence-corrected chi connectivity index (χ3v) is 3.33. The number of benzene rings is 1. The minimum Gasteiger partial charge on any atom is -0.478 e. The summed E-state index contributed by atoms with van der Waals surface area (Å²) < 4.78 is 18.7. The van der Waals surface area contributed by atoms with Crippen molar-refractivity contribution in [1.29, 1.82) is 0 Å². The second kappa shape index (κ2) is 5.51. The molecule has 3 N–H and O–H groups in total. The lowest BCUT2D eigenvalue weighted by Crippen LogP contribution is -2.53. The Morgan fingerprint density at radius 2 is 1.80 bits per heavy atom. The standard InChI is InChI=1S/C13H18BFO5/c1-12(2,18)13(3,4)20-14(19)9-5-8(11(16)17)6-10(15)7-9/h5-7,18-19H,1-4H3,(H,16,17). The smallest absolute Gasteiger partial charge is 0.478 e. The third-order valence-electron chi connectivity index (χ3n) is 3.33. The average molecular weight is 284 g/mol. The van der Waals surface area contributed by atoms with Crippen LogP contribution in [0.2, 0.25) is 0 Å². The van der Waals surface area contributed by atoms with Crippen LogP contribution in [0.15, 0.2) is 18.2 Å². The van der Waals surface area contributed by atoms with Gasteiger partial charge in [0.05, 0.1) is 16.8 Å². The maximum Gasteiger partial charge on any atom is 0.491 e. The van der Waals surface area contributed by atoms with Gasteiger partial charge in [0.15, 0.2) is 0 Å². The lowest BCUT2D eigenvalue weighted by atomic mass is 9.76. The molecule has 0 bridgehead atoms. The first kappa shape index (κ1) is 16.6. The van der Waals surface area contributed by atoms with Crippen molar-refractivity contribution < 1.29 is 29.1 Å². The largest absolute Gasteiger partial charge is 0.491 e. The van der Waals surface area contributed by atoms with Gasteiger partial charge in [0.25, 0.3) is 0 Å². The van der Waals surface area contributed by atoms with Crippen molar-refractivity contribution in [2.75, 3.05) is 0 Å². The minimum absolute atomic E-state index is 0.0280. The highest BCUT2D eigenvalue weighted by atomic mass is 19.1. The molecular weight excluding hydrogens is 266 g/mol. The maximum atomic E-state index is 13.3. The molecule has 0 unspecified atom stereocenters. The van der Waals surface area contributed by atoms with Gasteiger partial charge in [-0.1, -0.05) is 0 Å². The molecule has 0 saturated heterocycles. The Morgan fingerprint density at radius 3 is 2.25 bits per heavy atom. The van der Waals surface area contributed by atoms with Crippen LogP contribution in [0.3, 0.4) is 0 Å². The number of halogens is 1. The van der Waals surface area contributed by atoms with Gasteiger partial charge in [-0.3, -0.25) is 0 Å². The number of aromatic carboxylic acids is 1. The first-order chi connectivity index (χ1) is 8.94. The van der Waals surface area contributed by atoms with Crippen molar-refractivity contribution in [2.45, 2.75) is 38.9 Å². The van der Waals surface area contributed by atoms with Gasteiger partial charge in [0.2, 0.25) is 0 Å². The normalized spacial score (nSPS) is 12.3. The van der Waals surface area contributed by atoms with Gasteiger partial charge in [0, 0.05) is 0 Å². The Balaban J connectivity index is 3.04. The summed E-state index contributed by atoms with van der Waals surface area (Å²) in [5.74, 6) is -2.09. The zero-order valence-electron chi connectivity index (χ0n) is 11.8. The van der Waals surface area contributed by atoms with Crippen LogP contribution in [0.5, 0.6) is 0 Å². The van der Waals surface area contributed by atoms with Crippen molar-refractivity contribution in [2.24, 2.45) is 0 Å². The Bertz CT molecular complexity index is 510. The lowest BCUT2D eigenvalue weighted by Gasteiger charge is -2.38. The molecule has 1 aromatic carbocycles. The molecule has 0 heterocycles. The molecule has 0 radical (unpaired) electrons. The van der Waals surface area contributed by atoms with Crippen molar-refractivity contribution in [3.8, 4) is 0 Å². The number of carboxylic acid groups (broad SMARTS) is 1. The van der Waals surface area contributed by atoms with Crippen LogP contribution in [0, 0.1) is 5.82 Å². The Morgan fingerprint density at radius 1 is 1.25 bits per heavy atom. The molecule has 110 valence electrons. The van der Waals surface area contributed by atoms with Gasteiger partial charge >= 0.3 is 13.1 Å². The minimum atomic E-state index is -1.55. The fourth-order valence-electron chi connectivity index (χ4n) is 1.37. The molecule has 0 aliphatic rings. The number of carbonyl (C=O) groups is 1. The zero-order valence-corrected chi connectivity index (χ0v) is 11.8. The summed E-state index contributed by atoms with van der Waals surface area (Å²) in [7, 11) is -1.55. The van der Waals surface area contributed by atoms with E-state index in [0.29, 0.717) is 0 Å². The van der Waals surface area contributed by atoms with Crippen LogP contribution >= 0.6 is 0 Å². The summed E-state index contributed by atoms with van der Waals surface area (Å²) >= 11 is 0. The average Bonchev–Trinajstić information content (AvgIpc) is 2.25. The second-order valence-corrected chi connectivity index (χ2v) is 5.62. The first-order valence-corrected chi connectivity index (χ1v) is 6.06. The number of carboxylic acids is 1.